The van der Waals surface area contributed by atoms with Crippen LogP contribution in [-0.2, 0) is 32.0 Å². The lowest BCUT2D eigenvalue weighted by Crippen LogP contribution is -2.58. The number of carboxylic acids is 1. The quantitative estimate of drug-likeness (QED) is 0.177. The van der Waals surface area contributed by atoms with Crippen molar-refractivity contribution in [3.63, 3.8) is 0 Å². The van der Waals surface area contributed by atoms with Crippen LogP contribution in [0.1, 0.15) is 18.1 Å². The third kappa shape index (κ3) is 7.38. The number of para-hydroxylation sites is 1. The normalized spacial score (nSPS) is 14.2. The van der Waals surface area contributed by atoms with Crippen molar-refractivity contribution < 1.29 is 29.4 Å². The van der Waals surface area contributed by atoms with Gasteiger partial charge in [-0.05, 0) is 30.5 Å². The van der Waals surface area contributed by atoms with Crippen molar-refractivity contribution in [1.29, 1.82) is 0 Å². The second-order valence-corrected chi connectivity index (χ2v) is 8.73. The summed E-state index contributed by atoms with van der Waals surface area (Å²) in [4.78, 5) is 52.8. The summed E-state index contributed by atoms with van der Waals surface area (Å²) in [6.45, 7) is 0.482. The standard InChI is InChI=1S/C26H31N5O6/c1-15(26(36)37)29-25(35)22(14-32)31-24(34)21(12-17-13-28-20-10-6-5-9-18(17)20)30-23(33)19(27)11-16-7-3-2-4-8-16/h2-10,13,15,19,21-22,28,32H,11-12,14,27H2,1H3,(H,29,35)(H,30,33)(H,31,34)(H,36,37). The highest BCUT2D eigenvalue weighted by Crippen LogP contribution is 2.19. The van der Waals surface area contributed by atoms with E-state index in [9.17, 15) is 24.3 Å². The van der Waals surface area contributed by atoms with Crippen LogP contribution >= 0.6 is 0 Å². The van der Waals surface area contributed by atoms with Crippen LogP contribution in [0.3, 0.4) is 0 Å². The van der Waals surface area contributed by atoms with Crippen LogP contribution in [0.25, 0.3) is 10.9 Å². The fourth-order valence-electron chi connectivity index (χ4n) is 3.81. The largest absolute Gasteiger partial charge is 0.480 e. The summed E-state index contributed by atoms with van der Waals surface area (Å²) >= 11 is 0. The molecule has 196 valence electrons. The molecule has 4 atom stereocenters. The number of nitrogens with two attached hydrogens (primary N) is 1. The number of aromatic amines is 1. The van der Waals surface area contributed by atoms with E-state index in [4.69, 9.17) is 10.8 Å². The lowest BCUT2D eigenvalue weighted by molar-refractivity contribution is -0.142. The molecule has 3 aromatic rings. The van der Waals surface area contributed by atoms with Gasteiger partial charge in [-0.1, -0.05) is 48.5 Å². The van der Waals surface area contributed by atoms with E-state index in [1.54, 1.807) is 6.20 Å². The molecule has 0 aliphatic rings. The van der Waals surface area contributed by atoms with Crippen molar-refractivity contribution in [3.05, 3.63) is 71.9 Å². The SMILES string of the molecule is CC(NC(=O)C(CO)NC(=O)C(Cc1c[nH]c2ccccc12)NC(=O)C(N)Cc1ccccc1)C(=O)O. The van der Waals surface area contributed by atoms with Gasteiger partial charge in [-0.2, -0.15) is 0 Å². The predicted octanol–water partition coefficient (Wildman–Crippen LogP) is -0.168. The molecular weight excluding hydrogens is 478 g/mol. The second-order valence-electron chi connectivity index (χ2n) is 8.73. The Kier molecular flexibility index (Phi) is 9.36. The summed E-state index contributed by atoms with van der Waals surface area (Å²) in [5.74, 6) is -3.44. The number of hydrogen-bond donors (Lipinski definition) is 7. The minimum Gasteiger partial charge on any atom is -0.480 e. The molecule has 8 N–H and O–H groups in total. The third-order valence-electron chi connectivity index (χ3n) is 5.91. The molecule has 11 nitrogen and oxygen atoms in total. The number of fused-ring (bicyclic) bond motifs is 1. The van der Waals surface area contributed by atoms with Crippen LogP contribution < -0.4 is 21.7 Å². The van der Waals surface area contributed by atoms with Gasteiger partial charge >= 0.3 is 5.97 Å². The van der Waals surface area contributed by atoms with Crippen LogP contribution in [-0.4, -0.2) is 69.7 Å². The van der Waals surface area contributed by atoms with Gasteiger partial charge < -0.3 is 36.9 Å². The zero-order valence-electron chi connectivity index (χ0n) is 20.3. The van der Waals surface area contributed by atoms with Gasteiger partial charge in [0, 0.05) is 23.5 Å². The van der Waals surface area contributed by atoms with Gasteiger partial charge in [0.25, 0.3) is 0 Å². The molecule has 0 aliphatic heterocycles. The predicted molar refractivity (Wildman–Crippen MR) is 136 cm³/mol. The first-order chi connectivity index (χ1) is 17.7. The maximum atomic E-state index is 13.2. The molecule has 0 fully saturated rings. The molecule has 1 aromatic heterocycles. The van der Waals surface area contributed by atoms with Crippen molar-refractivity contribution in [2.75, 3.05) is 6.61 Å². The molecule has 1 heterocycles. The number of carbonyl (C=O) groups excluding carboxylic acids is 3. The lowest BCUT2D eigenvalue weighted by Gasteiger charge is -2.24. The Bertz CT molecular complexity index is 1240. The molecular formula is C26H31N5O6. The fraction of sp³-hybridized carbons (Fsp3) is 0.308. The van der Waals surface area contributed by atoms with Crippen molar-refractivity contribution in [2.24, 2.45) is 5.73 Å². The van der Waals surface area contributed by atoms with Crippen LogP contribution in [0.5, 0.6) is 0 Å². The molecule has 0 spiro atoms. The van der Waals surface area contributed by atoms with Crippen LogP contribution in [0, 0.1) is 0 Å². The first kappa shape index (κ1) is 27.4. The van der Waals surface area contributed by atoms with E-state index < -0.39 is 54.5 Å². The number of aliphatic hydroxyl groups is 1. The molecule has 0 bridgehead atoms. The minimum absolute atomic E-state index is 0.0743. The fourth-order valence-corrected chi connectivity index (χ4v) is 3.81. The van der Waals surface area contributed by atoms with E-state index in [0.29, 0.717) is 0 Å². The first-order valence-electron chi connectivity index (χ1n) is 11.8. The number of benzene rings is 2. The van der Waals surface area contributed by atoms with E-state index in [0.717, 1.165) is 22.0 Å². The highest BCUT2D eigenvalue weighted by molar-refractivity contribution is 5.95. The van der Waals surface area contributed by atoms with Crippen molar-refractivity contribution >= 4 is 34.6 Å². The molecule has 3 rings (SSSR count). The number of aliphatic hydroxyl groups excluding tert-OH is 1. The monoisotopic (exact) mass is 509 g/mol. The van der Waals surface area contributed by atoms with E-state index in [1.165, 1.54) is 6.92 Å². The number of amides is 3. The van der Waals surface area contributed by atoms with Gasteiger partial charge in [0.05, 0.1) is 12.6 Å². The van der Waals surface area contributed by atoms with Crippen LogP contribution in [0.4, 0.5) is 0 Å². The van der Waals surface area contributed by atoms with Gasteiger partial charge in [-0.25, -0.2) is 0 Å². The van der Waals surface area contributed by atoms with Crippen molar-refractivity contribution in [1.82, 2.24) is 20.9 Å². The number of carboxylic acid groups (broad SMARTS) is 1. The van der Waals surface area contributed by atoms with E-state index in [1.807, 2.05) is 54.6 Å². The van der Waals surface area contributed by atoms with Gasteiger partial charge in [-0.15, -0.1) is 0 Å². The van der Waals surface area contributed by atoms with E-state index >= 15 is 0 Å². The van der Waals surface area contributed by atoms with Gasteiger partial charge in [0.2, 0.25) is 17.7 Å². The van der Waals surface area contributed by atoms with Crippen LogP contribution in [0.15, 0.2) is 60.8 Å². The topological polar surface area (TPSA) is 187 Å². The second kappa shape index (κ2) is 12.7. The average Bonchev–Trinajstić information content (AvgIpc) is 3.29. The molecule has 37 heavy (non-hydrogen) atoms. The number of hydrogen-bond acceptors (Lipinski definition) is 6. The number of nitrogens with one attached hydrogen (secondary N) is 4. The number of H-pyrrole nitrogens is 1. The number of rotatable bonds is 12. The highest BCUT2D eigenvalue weighted by Gasteiger charge is 2.30. The zero-order chi connectivity index (χ0) is 26.9. The maximum absolute atomic E-state index is 13.2. The summed E-state index contributed by atoms with van der Waals surface area (Å²) in [6, 6.07) is 11.9. The highest BCUT2D eigenvalue weighted by atomic mass is 16.4. The first-order valence-corrected chi connectivity index (χ1v) is 11.8. The molecule has 2 aromatic carbocycles. The molecule has 4 unspecified atom stereocenters. The zero-order valence-corrected chi connectivity index (χ0v) is 20.3. The number of aliphatic carboxylic acids is 1. The molecule has 0 saturated heterocycles. The number of carbonyl (C=O) groups is 4. The van der Waals surface area contributed by atoms with Gasteiger partial charge in [0.15, 0.2) is 0 Å². The lowest BCUT2D eigenvalue weighted by atomic mass is 10.0. The van der Waals surface area contributed by atoms with Crippen molar-refractivity contribution in [3.8, 4) is 0 Å². The molecule has 11 heteroatoms. The molecule has 0 saturated carbocycles. The van der Waals surface area contributed by atoms with Gasteiger partial charge in [0.1, 0.15) is 18.1 Å². The third-order valence-corrected chi connectivity index (χ3v) is 5.91. The Morgan fingerprint density at radius 3 is 2.16 bits per heavy atom. The summed E-state index contributed by atoms with van der Waals surface area (Å²) in [6.07, 6.45) is 2.06. The maximum Gasteiger partial charge on any atom is 0.325 e. The minimum atomic E-state index is -1.42. The van der Waals surface area contributed by atoms with Gasteiger partial charge in [-0.3, -0.25) is 19.2 Å². The van der Waals surface area contributed by atoms with Crippen molar-refractivity contribution in [2.45, 2.75) is 43.9 Å². The summed E-state index contributed by atoms with van der Waals surface area (Å²) in [5, 5.41) is 26.8. The Hall–Kier alpha value is -4.22. The average molecular weight is 510 g/mol. The summed E-state index contributed by atoms with van der Waals surface area (Å²) in [5.41, 5.74) is 8.56. The summed E-state index contributed by atoms with van der Waals surface area (Å²) < 4.78 is 0. The van der Waals surface area contributed by atoms with Crippen LogP contribution in [0.2, 0.25) is 0 Å². The molecule has 3 amide bonds. The number of aromatic nitrogens is 1. The smallest absolute Gasteiger partial charge is 0.325 e. The van der Waals surface area contributed by atoms with E-state index in [2.05, 4.69) is 20.9 Å². The molecule has 0 aliphatic carbocycles. The Balaban J connectivity index is 1.78. The van der Waals surface area contributed by atoms with E-state index in [-0.39, 0.29) is 12.8 Å². The molecule has 0 radical (unpaired) electrons. The Morgan fingerprint density at radius 1 is 0.865 bits per heavy atom. The Labute approximate surface area is 213 Å². The Morgan fingerprint density at radius 2 is 1.49 bits per heavy atom. The summed E-state index contributed by atoms with van der Waals surface area (Å²) in [7, 11) is 0.